The molecule has 5 atom stereocenters. The number of anilines is 5. The van der Waals surface area contributed by atoms with Crippen LogP contribution in [0.3, 0.4) is 0 Å². The summed E-state index contributed by atoms with van der Waals surface area (Å²) in [6.45, 7) is 46.0. The number of benzene rings is 5. The van der Waals surface area contributed by atoms with Crippen LogP contribution in [0.2, 0.25) is 0 Å². The van der Waals surface area contributed by atoms with E-state index in [-0.39, 0.29) is 58.0 Å². The number of rotatable bonds is 13. The van der Waals surface area contributed by atoms with Crippen molar-refractivity contribution in [3.63, 3.8) is 0 Å². The number of allylic oxidation sites excluding steroid dienone is 8. The summed E-state index contributed by atoms with van der Waals surface area (Å²) >= 11 is 0. The number of fused-ring (bicyclic) bond motifs is 10. The van der Waals surface area contributed by atoms with Crippen molar-refractivity contribution < 1.29 is 23.7 Å². The Balaban J connectivity index is 0.000000114. The number of hydrogen-bond acceptors (Lipinski definition) is 20. The SMILES string of the molecule is C=C1C=C(C)c2cc3ccc(=O)n(C)c3c3c2N1[C@@H](CNC)CO3.C=C1C=C(C)c2cc3ccc(=O)n(CC)c3c3c2N1C(CNC)CO3.C=C1C=C(C)c2cc3ccc(=O)n(CC)c3c3c2N1[C@@H](CNC)CO3.C=C1C=Cc2cc3c(C)cc(=O)n(C)c3c3c2N1[C@@H](CNC)CO3.C=C1C=Cc2cc3c(C)cc(=O)n(CC)c3c3c2N1[C@@H](CNC)CO3. The topological polar surface area (TPSA) is 232 Å². The van der Waals surface area contributed by atoms with Crippen LogP contribution >= 0.6 is 0 Å². The predicted molar refractivity (Wildman–Crippen MR) is 503 cm³/mol. The molecule has 25 nitrogen and oxygen atoms in total. The van der Waals surface area contributed by atoms with E-state index in [1.807, 2.05) is 94.1 Å². The first-order chi connectivity index (χ1) is 59.2. The summed E-state index contributed by atoms with van der Waals surface area (Å²) in [6, 6.07) is 25.6. The van der Waals surface area contributed by atoms with E-state index in [0.29, 0.717) is 52.7 Å². The lowest BCUT2D eigenvalue weighted by Gasteiger charge is -2.43. The van der Waals surface area contributed by atoms with Gasteiger partial charge in [-0.15, -0.1) is 0 Å². The highest BCUT2D eigenvalue weighted by atomic mass is 16.5. The lowest BCUT2D eigenvalue weighted by Crippen LogP contribution is -2.48. The lowest BCUT2D eigenvalue weighted by molar-refractivity contribution is 0.267. The van der Waals surface area contributed by atoms with Gasteiger partial charge in [0.15, 0.2) is 28.7 Å². The van der Waals surface area contributed by atoms with Gasteiger partial charge in [0.1, 0.15) is 33.0 Å². The van der Waals surface area contributed by atoms with Gasteiger partial charge in [0.25, 0.3) is 27.8 Å². The van der Waals surface area contributed by atoms with Crippen LogP contribution in [-0.2, 0) is 33.7 Å². The largest absolute Gasteiger partial charge is 0.487 e. The predicted octanol–water partition coefficient (Wildman–Crippen LogP) is 12.6. The molecule has 5 aromatic heterocycles. The van der Waals surface area contributed by atoms with Crippen LogP contribution in [0.1, 0.15) is 80.5 Å². The summed E-state index contributed by atoms with van der Waals surface area (Å²) in [4.78, 5) is 72.8. The van der Waals surface area contributed by atoms with Crippen molar-refractivity contribution in [1.29, 1.82) is 0 Å². The zero-order valence-corrected chi connectivity index (χ0v) is 73.2. The van der Waals surface area contributed by atoms with E-state index in [0.717, 1.165) is 217 Å². The second-order valence-corrected chi connectivity index (χ2v) is 33.0. The maximum Gasteiger partial charge on any atom is 0.251 e. The van der Waals surface area contributed by atoms with Gasteiger partial charge in [0.05, 0.1) is 86.2 Å². The molecule has 638 valence electrons. The van der Waals surface area contributed by atoms with E-state index >= 15 is 0 Å². The number of nitrogens with zero attached hydrogens (tertiary/aromatic N) is 10. The Kier molecular flexibility index (Phi) is 23.0. The Morgan fingerprint density at radius 2 is 0.626 bits per heavy atom. The van der Waals surface area contributed by atoms with Crippen molar-refractivity contribution in [1.82, 2.24) is 49.4 Å². The number of aromatic nitrogens is 5. The number of pyridine rings is 5. The van der Waals surface area contributed by atoms with E-state index in [1.54, 1.807) is 67.3 Å². The average Bonchev–Trinajstić information content (AvgIpc) is 0.747. The van der Waals surface area contributed by atoms with Crippen LogP contribution in [0.25, 0.3) is 83.4 Å². The molecular weight excluding hydrogens is 1550 g/mol. The quantitative estimate of drug-likeness (QED) is 0.0722. The Morgan fingerprint density at radius 1 is 0.333 bits per heavy atom. The van der Waals surface area contributed by atoms with Gasteiger partial charge in [-0.3, -0.25) is 24.0 Å². The Labute approximate surface area is 716 Å². The fourth-order valence-electron chi connectivity index (χ4n) is 19.5. The van der Waals surface area contributed by atoms with Crippen molar-refractivity contribution in [2.75, 3.05) is 125 Å². The molecule has 1 unspecified atom stereocenters. The molecule has 0 saturated heterocycles. The summed E-state index contributed by atoms with van der Waals surface area (Å²) < 4.78 is 39.8. The van der Waals surface area contributed by atoms with Gasteiger partial charge in [-0.05, 0) is 197 Å². The van der Waals surface area contributed by atoms with Crippen LogP contribution in [0, 0.1) is 13.8 Å². The van der Waals surface area contributed by atoms with Gasteiger partial charge in [-0.25, -0.2) is 0 Å². The van der Waals surface area contributed by atoms with E-state index in [9.17, 15) is 24.0 Å². The molecule has 5 N–H and O–H groups in total. The van der Waals surface area contributed by atoms with Gasteiger partial charge in [0.2, 0.25) is 0 Å². The van der Waals surface area contributed by atoms with E-state index in [4.69, 9.17) is 23.7 Å². The highest BCUT2D eigenvalue weighted by Gasteiger charge is 2.42. The first kappa shape index (κ1) is 84.0. The van der Waals surface area contributed by atoms with Crippen molar-refractivity contribution in [2.24, 2.45) is 14.1 Å². The molecule has 0 aliphatic carbocycles. The summed E-state index contributed by atoms with van der Waals surface area (Å²) in [7, 11) is 13.3. The standard InChI is InChI=1S/3C20H23N3O2.2C19H21N3O2/c2*1-5-22-17(24)7-6-14-9-16-12(2)8-13(3)23-15(10-21-4)11-25-20(18(14)22)19(16)23;1-5-22-17(24)8-12(2)16-9-14-7-6-13(3)23-15(10-21-4)11-25-20(18(14)23)19(16)22;1-11-7-12(2)22-14(9-20-3)10-24-19-17-13(8-15(11)18(19)22)5-6-16(23)21(17)4;1-11-7-16(23)21(4)18-15(11)8-13-6-5-12(2)22-14(9-20-3)10-24-19(18)17(13)22/h3*6-9,15,21H,3,5,10-11H2,1-2,4H3;2*5-8,14,20H,2,9-10H2,1,3-4H3/t15-;;15-;2*14-/m0.000/s1. The van der Waals surface area contributed by atoms with Gasteiger partial charge in [0, 0.05) is 180 Å². The maximum atomic E-state index is 12.5. The first-order valence-corrected chi connectivity index (χ1v) is 42.4. The third kappa shape index (κ3) is 14.2. The summed E-state index contributed by atoms with van der Waals surface area (Å²) in [5.74, 6) is 3.96. The molecule has 123 heavy (non-hydrogen) atoms. The molecule has 20 rings (SSSR count). The zero-order valence-electron chi connectivity index (χ0n) is 73.2. The minimum atomic E-state index is -0.0342. The van der Waals surface area contributed by atoms with E-state index in [1.165, 1.54) is 11.1 Å². The van der Waals surface area contributed by atoms with Gasteiger partial charge in [-0.1, -0.05) is 45.0 Å². The Hall–Kier alpha value is -12.7. The fraction of sp³-hybridized carbons (Fsp3) is 0.337. The van der Waals surface area contributed by atoms with Crippen LogP contribution in [0.5, 0.6) is 28.7 Å². The smallest absolute Gasteiger partial charge is 0.251 e. The molecule has 10 aliphatic rings. The minimum absolute atomic E-state index is 0.000554. The summed E-state index contributed by atoms with van der Waals surface area (Å²) in [5.41, 5.74) is 25.4. The average molecular weight is 1660 g/mol. The zero-order chi connectivity index (χ0) is 87.2. The number of nitrogens with one attached hydrogen (secondary N) is 5. The van der Waals surface area contributed by atoms with Crippen LogP contribution < -0.4 is 103 Å². The fourth-order valence-corrected chi connectivity index (χ4v) is 19.5. The van der Waals surface area contributed by atoms with Crippen molar-refractivity contribution >= 4 is 112 Å². The molecule has 0 bridgehead atoms. The number of likely N-dealkylation sites (N-methyl/N-ethyl adjacent to an activating group) is 5. The van der Waals surface area contributed by atoms with Crippen LogP contribution in [0.4, 0.5) is 28.4 Å². The monoisotopic (exact) mass is 1660 g/mol. The molecule has 10 aromatic rings. The van der Waals surface area contributed by atoms with Crippen molar-refractivity contribution in [3.05, 3.63) is 261 Å². The van der Waals surface area contributed by atoms with E-state index in [2.05, 4.69) is 172 Å². The molecule has 25 heteroatoms. The number of aryl methyl sites for hydroxylation is 7. The minimum Gasteiger partial charge on any atom is -0.487 e. The third-order valence-corrected chi connectivity index (χ3v) is 25.1. The molecule has 0 fully saturated rings. The third-order valence-electron chi connectivity index (χ3n) is 25.1. The van der Waals surface area contributed by atoms with Gasteiger partial charge >= 0.3 is 0 Å². The number of hydrogen-bond donors (Lipinski definition) is 5. The first-order valence-electron chi connectivity index (χ1n) is 42.4. The molecule has 0 spiro atoms. The maximum absolute atomic E-state index is 12.5. The molecular formula is C98H111N15O10. The summed E-state index contributed by atoms with van der Waals surface area (Å²) in [6.07, 6.45) is 14.6. The van der Waals surface area contributed by atoms with E-state index < -0.39 is 0 Å². The van der Waals surface area contributed by atoms with Gasteiger partial charge < -0.3 is 97.6 Å². The highest BCUT2D eigenvalue weighted by molar-refractivity contribution is 6.05. The molecule has 0 radical (unpaired) electrons. The Morgan fingerprint density at radius 3 is 0.984 bits per heavy atom. The Bertz CT molecular complexity index is 6500. The molecule has 0 saturated carbocycles. The van der Waals surface area contributed by atoms with Crippen LogP contribution in [-0.4, -0.2) is 154 Å². The second kappa shape index (κ2) is 33.6. The molecule has 0 amide bonds. The molecule has 10 aliphatic heterocycles. The molecule has 5 aromatic carbocycles. The highest BCUT2D eigenvalue weighted by Crippen LogP contribution is 2.54. The summed E-state index contributed by atoms with van der Waals surface area (Å²) in [5, 5.41) is 21.3. The normalized spacial score (nSPS) is 18.8. The lowest BCUT2D eigenvalue weighted by atomic mass is 9.93. The van der Waals surface area contributed by atoms with Gasteiger partial charge in [-0.2, -0.15) is 0 Å². The van der Waals surface area contributed by atoms with Crippen molar-refractivity contribution in [2.45, 2.75) is 105 Å². The number of ether oxygens (including phenoxy) is 5. The molecule has 15 heterocycles. The van der Waals surface area contributed by atoms with Crippen molar-refractivity contribution in [3.8, 4) is 28.7 Å². The van der Waals surface area contributed by atoms with Crippen LogP contribution in [0.15, 0.2) is 195 Å². The second-order valence-electron chi connectivity index (χ2n) is 33.0.